The summed E-state index contributed by atoms with van der Waals surface area (Å²) in [5.74, 6) is 0.335. The molecule has 0 bridgehead atoms. The van der Waals surface area contributed by atoms with Crippen LogP contribution in [0, 0.1) is 5.92 Å². The molecule has 0 aromatic heterocycles. The Bertz CT molecular complexity index is 273. The molecule has 1 aliphatic heterocycles. The zero-order valence-corrected chi connectivity index (χ0v) is 10.9. The first-order valence-corrected chi connectivity index (χ1v) is 6.07. The van der Waals surface area contributed by atoms with Crippen molar-refractivity contribution in [2.24, 2.45) is 5.92 Å². The molecule has 0 spiro atoms. The summed E-state index contributed by atoms with van der Waals surface area (Å²) in [6.45, 7) is 7.62. The first kappa shape index (κ1) is 13.8. The minimum absolute atomic E-state index is 0.335. The monoisotopic (exact) mass is 242 g/mol. The Labute approximate surface area is 102 Å². The number of rotatable bonds is 3. The molecule has 1 unspecified atom stereocenters. The fourth-order valence-corrected chi connectivity index (χ4v) is 1.90. The second-order valence-electron chi connectivity index (χ2n) is 5.49. The number of likely N-dealkylation sites (tertiary alicyclic amines) is 1. The average molecular weight is 242 g/mol. The molecule has 0 aromatic carbocycles. The van der Waals surface area contributed by atoms with Crippen molar-refractivity contribution in [2.45, 2.75) is 39.2 Å². The lowest BCUT2D eigenvalue weighted by atomic mass is 9.98. The van der Waals surface area contributed by atoms with Gasteiger partial charge in [0.05, 0.1) is 0 Å². The molecule has 5 nitrogen and oxygen atoms in total. The summed E-state index contributed by atoms with van der Waals surface area (Å²) in [6.07, 6.45) is 2.53. The van der Waals surface area contributed by atoms with Crippen LogP contribution in [0.5, 0.6) is 0 Å². The van der Waals surface area contributed by atoms with Crippen molar-refractivity contribution in [2.75, 3.05) is 19.6 Å². The number of carbonyl (C=O) groups is 2. The first-order chi connectivity index (χ1) is 7.90. The Morgan fingerprint density at radius 3 is 2.82 bits per heavy atom. The number of alkyl carbamates (subject to hydrolysis) is 1. The van der Waals surface area contributed by atoms with E-state index in [1.54, 1.807) is 4.90 Å². The summed E-state index contributed by atoms with van der Waals surface area (Å²) < 4.78 is 5.15. The highest BCUT2D eigenvalue weighted by Crippen LogP contribution is 2.14. The second-order valence-corrected chi connectivity index (χ2v) is 5.49. The lowest BCUT2D eigenvalue weighted by molar-refractivity contribution is -0.119. The molecule has 0 aliphatic carbocycles. The van der Waals surface area contributed by atoms with Crippen LogP contribution in [0.15, 0.2) is 0 Å². The molecule has 0 saturated carbocycles. The van der Waals surface area contributed by atoms with Gasteiger partial charge in [-0.2, -0.15) is 0 Å². The second kappa shape index (κ2) is 5.89. The van der Waals surface area contributed by atoms with Gasteiger partial charge in [0.15, 0.2) is 0 Å². The standard InChI is InChI=1S/C12H22N2O3/c1-12(2,3)17-11(16)13-7-10-5-4-6-14(8-10)9-15/h9-10H,4-8H2,1-3H3,(H,13,16). The van der Waals surface area contributed by atoms with Crippen molar-refractivity contribution < 1.29 is 14.3 Å². The maximum atomic E-state index is 11.4. The van der Waals surface area contributed by atoms with E-state index in [0.29, 0.717) is 12.5 Å². The van der Waals surface area contributed by atoms with Gasteiger partial charge in [-0.1, -0.05) is 0 Å². The number of ether oxygens (including phenoxy) is 1. The van der Waals surface area contributed by atoms with Gasteiger partial charge in [-0.3, -0.25) is 4.79 Å². The van der Waals surface area contributed by atoms with Crippen LogP contribution in [0.25, 0.3) is 0 Å². The van der Waals surface area contributed by atoms with Gasteiger partial charge in [0.2, 0.25) is 6.41 Å². The van der Waals surface area contributed by atoms with Crippen LogP contribution in [0.2, 0.25) is 0 Å². The highest BCUT2D eigenvalue weighted by atomic mass is 16.6. The predicted molar refractivity (Wildman–Crippen MR) is 64.6 cm³/mol. The van der Waals surface area contributed by atoms with Gasteiger partial charge in [-0.15, -0.1) is 0 Å². The first-order valence-electron chi connectivity index (χ1n) is 6.07. The van der Waals surface area contributed by atoms with Gasteiger partial charge in [0.1, 0.15) is 5.60 Å². The van der Waals surface area contributed by atoms with E-state index in [4.69, 9.17) is 4.74 Å². The molecular weight excluding hydrogens is 220 g/mol. The van der Waals surface area contributed by atoms with Crippen molar-refractivity contribution in [3.63, 3.8) is 0 Å². The van der Waals surface area contributed by atoms with Gasteiger partial charge < -0.3 is 15.0 Å². The lowest BCUT2D eigenvalue weighted by Gasteiger charge is -2.30. The molecule has 1 aliphatic rings. The summed E-state index contributed by atoms with van der Waals surface area (Å²) in [7, 11) is 0. The van der Waals surface area contributed by atoms with E-state index in [0.717, 1.165) is 32.3 Å². The molecule has 98 valence electrons. The van der Waals surface area contributed by atoms with Crippen molar-refractivity contribution in [3.05, 3.63) is 0 Å². The van der Waals surface area contributed by atoms with E-state index in [-0.39, 0.29) is 6.09 Å². The van der Waals surface area contributed by atoms with E-state index >= 15 is 0 Å². The topological polar surface area (TPSA) is 58.6 Å². The Morgan fingerprint density at radius 1 is 1.53 bits per heavy atom. The molecule has 0 aromatic rings. The summed E-state index contributed by atoms with van der Waals surface area (Å²) in [5.41, 5.74) is -0.467. The van der Waals surface area contributed by atoms with Crippen LogP contribution in [0.1, 0.15) is 33.6 Å². The highest BCUT2D eigenvalue weighted by molar-refractivity contribution is 5.67. The average Bonchev–Trinajstić information content (AvgIpc) is 2.24. The van der Waals surface area contributed by atoms with Gasteiger partial charge in [0, 0.05) is 19.6 Å². The molecule has 1 saturated heterocycles. The van der Waals surface area contributed by atoms with Crippen molar-refractivity contribution in [1.29, 1.82) is 0 Å². The SMILES string of the molecule is CC(C)(C)OC(=O)NCC1CCCN(C=O)C1. The van der Waals surface area contributed by atoms with Gasteiger partial charge in [0.25, 0.3) is 0 Å². The minimum atomic E-state index is -0.467. The number of nitrogens with one attached hydrogen (secondary N) is 1. The molecule has 0 radical (unpaired) electrons. The highest BCUT2D eigenvalue weighted by Gasteiger charge is 2.21. The summed E-state index contributed by atoms with van der Waals surface area (Å²) >= 11 is 0. The predicted octanol–water partition coefficient (Wildman–Crippen LogP) is 1.38. The Hall–Kier alpha value is -1.26. The number of amides is 2. The molecule has 1 heterocycles. The van der Waals surface area contributed by atoms with E-state index in [9.17, 15) is 9.59 Å². The van der Waals surface area contributed by atoms with E-state index in [1.807, 2.05) is 20.8 Å². The normalized spacial score (nSPS) is 20.9. The molecule has 1 N–H and O–H groups in total. The van der Waals surface area contributed by atoms with Crippen molar-refractivity contribution in [1.82, 2.24) is 10.2 Å². The molecule has 17 heavy (non-hydrogen) atoms. The molecule has 1 fully saturated rings. The number of carbonyl (C=O) groups excluding carboxylic acids is 2. The van der Waals surface area contributed by atoms with E-state index in [2.05, 4.69) is 5.32 Å². The van der Waals surface area contributed by atoms with Crippen LogP contribution in [-0.2, 0) is 9.53 Å². The Balaban J connectivity index is 2.26. The van der Waals surface area contributed by atoms with Crippen LogP contribution in [0.3, 0.4) is 0 Å². The summed E-state index contributed by atoms with van der Waals surface area (Å²) in [4.78, 5) is 23.8. The van der Waals surface area contributed by atoms with Gasteiger partial charge >= 0.3 is 6.09 Å². The van der Waals surface area contributed by atoms with Crippen LogP contribution in [-0.4, -0.2) is 42.6 Å². The third kappa shape index (κ3) is 5.56. The van der Waals surface area contributed by atoms with Crippen LogP contribution >= 0.6 is 0 Å². The molecule has 5 heteroatoms. The number of piperidine rings is 1. The van der Waals surface area contributed by atoms with Crippen LogP contribution in [0.4, 0.5) is 4.79 Å². The quantitative estimate of drug-likeness (QED) is 0.761. The minimum Gasteiger partial charge on any atom is -0.444 e. The molecule has 1 atom stereocenters. The largest absolute Gasteiger partial charge is 0.444 e. The lowest BCUT2D eigenvalue weighted by Crippen LogP contribution is -2.41. The zero-order chi connectivity index (χ0) is 12.9. The van der Waals surface area contributed by atoms with Gasteiger partial charge in [-0.25, -0.2) is 4.79 Å². The summed E-state index contributed by atoms with van der Waals surface area (Å²) in [6, 6.07) is 0. The number of nitrogens with zero attached hydrogens (tertiary/aromatic N) is 1. The van der Waals surface area contributed by atoms with E-state index < -0.39 is 5.60 Å². The smallest absolute Gasteiger partial charge is 0.407 e. The maximum absolute atomic E-state index is 11.4. The Kier molecular flexibility index (Phi) is 4.78. The van der Waals surface area contributed by atoms with Crippen molar-refractivity contribution >= 4 is 12.5 Å². The zero-order valence-electron chi connectivity index (χ0n) is 10.9. The number of hydrogen-bond acceptors (Lipinski definition) is 3. The summed E-state index contributed by atoms with van der Waals surface area (Å²) in [5, 5.41) is 2.75. The fourth-order valence-electron chi connectivity index (χ4n) is 1.90. The molecule has 2 amide bonds. The Morgan fingerprint density at radius 2 is 2.24 bits per heavy atom. The maximum Gasteiger partial charge on any atom is 0.407 e. The number of hydrogen-bond donors (Lipinski definition) is 1. The van der Waals surface area contributed by atoms with Crippen LogP contribution < -0.4 is 5.32 Å². The molecule has 1 rings (SSSR count). The van der Waals surface area contributed by atoms with E-state index in [1.165, 1.54) is 0 Å². The fraction of sp³-hybridized carbons (Fsp3) is 0.833. The third-order valence-electron chi connectivity index (χ3n) is 2.63. The van der Waals surface area contributed by atoms with Gasteiger partial charge in [-0.05, 0) is 39.5 Å². The molecular formula is C12H22N2O3. The van der Waals surface area contributed by atoms with Crippen molar-refractivity contribution in [3.8, 4) is 0 Å². The third-order valence-corrected chi connectivity index (χ3v) is 2.63.